The van der Waals surface area contributed by atoms with Crippen molar-refractivity contribution in [2.75, 3.05) is 5.73 Å². The van der Waals surface area contributed by atoms with Crippen molar-refractivity contribution in [2.45, 2.75) is 20.4 Å². The molecule has 0 spiro atoms. The summed E-state index contributed by atoms with van der Waals surface area (Å²) in [4.78, 5) is 4.61. The number of nitrogens with zero attached hydrogens (tertiary/aromatic N) is 4. The van der Waals surface area contributed by atoms with Gasteiger partial charge >= 0.3 is 0 Å². The van der Waals surface area contributed by atoms with Gasteiger partial charge in [-0.1, -0.05) is 12.1 Å². The lowest BCUT2D eigenvalue weighted by Crippen LogP contribution is -2.09. The molecule has 0 saturated carbocycles. The minimum atomic E-state index is 0.609. The van der Waals surface area contributed by atoms with Gasteiger partial charge in [-0.2, -0.15) is 9.78 Å². The van der Waals surface area contributed by atoms with Crippen LogP contribution in [0, 0.1) is 6.92 Å². The lowest BCUT2D eigenvalue weighted by molar-refractivity contribution is 0.702. The standard InChI is InChI=1S/C13H15N5/c1-3-17-11-7-5-4-6-10(11)15-13(17)18-12(14)8-9(2)16-18/h4-8H,3,14H2,1-2H3. The Hall–Kier alpha value is -2.30. The van der Waals surface area contributed by atoms with Crippen molar-refractivity contribution in [1.82, 2.24) is 19.3 Å². The second-order valence-electron chi connectivity index (χ2n) is 4.27. The molecule has 0 aliphatic carbocycles. The predicted octanol–water partition coefficient (Wildman–Crippen LogP) is 2.13. The number of aryl methyl sites for hydroxylation is 2. The second-order valence-corrected chi connectivity index (χ2v) is 4.27. The average molecular weight is 241 g/mol. The van der Waals surface area contributed by atoms with Gasteiger partial charge in [0.05, 0.1) is 16.7 Å². The molecule has 2 aromatic heterocycles. The lowest BCUT2D eigenvalue weighted by Gasteiger charge is -2.06. The predicted molar refractivity (Wildman–Crippen MR) is 71.7 cm³/mol. The molecule has 0 fully saturated rings. The highest BCUT2D eigenvalue weighted by Crippen LogP contribution is 2.20. The first kappa shape index (κ1) is 10.8. The molecular weight excluding hydrogens is 226 g/mol. The maximum atomic E-state index is 5.97. The third-order valence-corrected chi connectivity index (χ3v) is 3.00. The fourth-order valence-electron chi connectivity index (χ4n) is 2.22. The van der Waals surface area contributed by atoms with Crippen LogP contribution in [0.5, 0.6) is 0 Å². The maximum Gasteiger partial charge on any atom is 0.233 e. The second kappa shape index (κ2) is 3.87. The van der Waals surface area contributed by atoms with Crippen molar-refractivity contribution >= 4 is 16.9 Å². The lowest BCUT2D eigenvalue weighted by atomic mass is 10.3. The number of imidazole rings is 1. The molecule has 1 aromatic carbocycles. The van der Waals surface area contributed by atoms with Crippen molar-refractivity contribution in [3.63, 3.8) is 0 Å². The van der Waals surface area contributed by atoms with E-state index in [1.807, 2.05) is 31.2 Å². The third-order valence-electron chi connectivity index (χ3n) is 3.00. The fraction of sp³-hybridized carbons (Fsp3) is 0.231. The Labute approximate surface area is 105 Å². The van der Waals surface area contributed by atoms with Crippen LogP contribution >= 0.6 is 0 Å². The summed E-state index contributed by atoms with van der Waals surface area (Å²) >= 11 is 0. The minimum absolute atomic E-state index is 0.609. The largest absolute Gasteiger partial charge is 0.383 e. The van der Waals surface area contributed by atoms with Crippen LogP contribution in [0.15, 0.2) is 30.3 Å². The number of aromatic nitrogens is 4. The Morgan fingerprint density at radius 3 is 2.72 bits per heavy atom. The van der Waals surface area contributed by atoms with Crippen molar-refractivity contribution in [1.29, 1.82) is 0 Å². The number of hydrogen-bond acceptors (Lipinski definition) is 3. The molecular formula is C13H15N5. The normalized spacial score (nSPS) is 11.2. The summed E-state index contributed by atoms with van der Waals surface area (Å²) in [5.74, 6) is 1.38. The molecule has 0 saturated heterocycles. The molecule has 0 aliphatic rings. The molecule has 0 amide bonds. The Kier molecular flexibility index (Phi) is 2.33. The van der Waals surface area contributed by atoms with E-state index in [1.165, 1.54) is 0 Å². The van der Waals surface area contributed by atoms with Gasteiger partial charge < -0.3 is 10.3 Å². The molecule has 0 unspecified atom stereocenters. The third kappa shape index (κ3) is 1.48. The van der Waals surface area contributed by atoms with Crippen molar-refractivity contribution in [2.24, 2.45) is 0 Å². The Morgan fingerprint density at radius 2 is 2.06 bits per heavy atom. The smallest absolute Gasteiger partial charge is 0.233 e. The quantitative estimate of drug-likeness (QED) is 0.747. The fourth-order valence-corrected chi connectivity index (χ4v) is 2.22. The zero-order valence-electron chi connectivity index (χ0n) is 10.5. The molecule has 2 heterocycles. The molecule has 92 valence electrons. The number of hydrogen-bond donors (Lipinski definition) is 1. The Bertz CT molecular complexity index is 707. The van der Waals surface area contributed by atoms with Gasteiger partial charge in [0, 0.05) is 12.6 Å². The number of para-hydroxylation sites is 2. The first-order chi connectivity index (χ1) is 8.70. The Balaban J connectivity index is 2.32. The van der Waals surface area contributed by atoms with Gasteiger partial charge in [0.2, 0.25) is 5.95 Å². The molecule has 5 heteroatoms. The molecule has 18 heavy (non-hydrogen) atoms. The van der Waals surface area contributed by atoms with E-state index < -0.39 is 0 Å². The summed E-state index contributed by atoms with van der Waals surface area (Å²) < 4.78 is 3.80. The summed E-state index contributed by atoms with van der Waals surface area (Å²) in [6.07, 6.45) is 0. The summed E-state index contributed by atoms with van der Waals surface area (Å²) in [5, 5.41) is 4.39. The molecule has 0 aliphatic heterocycles. The van der Waals surface area contributed by atoms with Crippen LogP contribution in [0.4, 0.5) is 5.82 Å². The SMILES string of the molecule is CCn1c(-n2nc(C)cc2N)nc2ccccc21. The van der Waals surface area contributed by atoms with E-state index in [0.29, 0.717) is 5.82 Å². The van der Waals surface area contributed by atoms with Crippen molar-refractivity contribution < 1.29 is 0 Å². The number of nitrogen functional groups attached to an aromatic ring is 1. The molecule has 3 aromatic rings. The molecule has 3 rings (SSSR count). The summed E-state index contributed by atoms with van der Waals surface area (Å²) in [5.41, 5.74) is 8.92. The first-order valence-electron chi connectivity index (χ1n) is 5.98. The van der Waals surface area contributed by atoms with Crippen LogP contribution in [-0.4, -0.2) is 19.3 Å². The minimum Gasteiger partial charge on any atom is -0.383 e. The van der Waals surface area contributed by atoms with Gasteiger partial charge in [0.1, 0.15) is 5.82 Å². The topological polar surface area (TPSA) is 61.7 Å². The van der Waals surface area contributed by atoms with Crippen LogP contribution < -0.4 is 5.73 Å². The molecule has 0 radical (unpaired) electrons. The zero-order valence-corrected chi connectivity index (χ0v) is 10.5. The van der Waals surface area contributed by atoms with Gasteiger partial charge in [0.15, 0.2) is 0 Å². The van der Waals surface area contributed by atoms with Crippen LogP contribution in [0.3, 0.4) is 0 Å². The monoisotopic (exact) mass is 241 g/mol. The highest BCUT2D eigenvalue weighted by atomic mass is 15.4. The van der Waals surface area contributed by atoms with Gasteiger partial charge in [-0.15, -0.1) is 0 Å². The highest BCUT2D eigenvalue weighted by Gasteiger charge is 2.13. The van der Waals surface area contributed by atoms with E-state index in [2.05, 4.69) is 27.6 Å². The van der Waals surface area contributed by atoms with Crippen molar-refractivity contribution in [3.8, 4) is 5.95 Å². The highest BCUT2D eigenvalue weighted by molar-refractivity contribution is 5.77. The summed E-state index contributed by atoms with van der Waals surface area (Å²) in [6.45, 7) is 4.84. The Morgan fingerprint density at radius 1 is 1.28 bits per heavy atom. The van der Waals surface area contributed by atoms with Crippen molar-refractivity contribution in [3.05, 3.63) is 36.0 Å². The number of anilines is 1. The molecule has 0 atom stereocenters. The van der Waals surface area contributed by atoms with E-state index in [4.69, 9.17) is 5.73 Å². The number of rotatable bonds is 2. The summed E-state index contributed by atoms with van der Waals surface area (Å²) in [6, 6.07) is 9.90. The molecule has 5 nitrogen and oxygen atoms in total. The van der Waals surface area contributed by atoms with Crippen LogP contribution in [0.25, 0.3) is 17.0 Å². The van der Waals surface area contributed by atoms with E-state index in [-0.39, 0.29) is 0 Å². The van der Waals surface area contributed by atoms with E-state index in [0.717, 1.165) is 29.2 Å². The maximum absolute atomic E-state index is 5.97. The van der Waals surface area contributed by atoms with Crippen LogP contribution in [0.2, 0.25) is 0 Å². The van der Waals surface area contributed by atoms with Crippen LogP contribution in [-0.2, 0) is 6.54 Å². The first-order valence-corrected chi connectivity index (χ1v) is 5.98. The van der Waals surface area contributed by atoms with Crippen LogP contribution in [0.1, 0.15) is 12.6 Å². The zero-order chi connectivity index (χ0) is 12.7. The van der Waals surface area contributed by atoms with E-state index in [9.17, 15) is 0 Å². The van der Waals surface area contributed by atoms with Gasteiger partial charge in [-0.05, 0) is 26.0 Å². The van der Waals surface area contributed by atoms with Gasteiger partial charge in [-0.3, -0.25) is 0 Å². The van der Waals surface area contributed by atoms with Gasteiger partial charge in [-0.25, -0.2) is 4.98 Å². The number of fused-ring (bicyclic) bond motifs is 1. The van der Waals surface area contributed by atoms with Gasteiger partial charge in [0.25, 0.3) is 0 Å². The average Bonchev–Trinajstić information content (AvgIpc) is 2.88. The van der Waals surface area contributed by atoms with E-state index in [1.54, 1.807) is 4.68 Å². The van der Waals surface area contributed by atoms with E-state index >= 15 is 0 Å². The summed E-state index contributed by atoms with van der Waals surface area (Å²) in [7, 11) is 0. The molecule has 2 N–H and O–H groups in total. The number of benzene rings is 1. The molecule has 0 bridgehead atoms. The number of nitrogens with two attached hydrogens (primary N) is 1.